The molecule has 1 atom stereocenters. The zero-order valence-electron chi connectivity index (χ0n) is 10.5. The minimum absolute atomic E-state index is 0.0953. The van der Waals surface area contributed by atoms with E-state index >= 15 is 0 Å². The lowest BCUT2D eigenvalue weighted by Crippen LogP contribution is -2.18. The van der Waals surface area contributed by atoms with Gasteiger partial charge in [-0.05, 0) is 30.2 Å². The minimum atomic E-state index is 0.0953. The average Bonchev–Trinajstić information content (AvgIpc) is 2.46. The van der Waals surface area contributed by atoms with E-state index in [9.17, 15) is 0 Å². The third kappa shape index (κ3) is 3.39. The lowest BCUT2D eigenvalue weighted by atomic mass is 10.1. The molecule has 2 aromatic rings. The van der Waals surface area contributed by atoms with Crippen LogP contribution < -0.4 is 5.32 Å². The molecule has 94 valence electrons. The second kappa shape index (κ2) is 6.28. The van der Waals surface area contributed by atoms with Gasteiger partial charge in [-0.25, -0.2) is 0 Å². The van der Waals surface area contributed by atoms with E-state index in [2.05, 4.69) is 17.2 Å². The molecular formula is C15H18N2O. The van der Waals surface area contributed by atoms with Crippen LogP contribution in [0.25, 0.3) is 0 Å². The number of hydrogen-bond donors (Lipinski definition) is 2. The molecule has 0 unspecified atom stereocenters. The third-order valence-corrected chi connectivity index (χ3v) is 2.95. The van der Waals surface area contributed by atoms with Gasteiger partial charge in [0.15, 0.2) is 0 Å². The molecule has 0 saturated heterocycles. The van der Waals surface area contributed by atoms with Gasteiger partial charge in [-0.1, -0.05) is 30.3 Å². The predicted octanol–water partition coefficient (Wildman–Crippen LogP) is 2.42. The van der Waals surface area contributed by atoms with Crippen LogP contribution in [-0.4, -0.2) is 10.1 Å². The van der Waals surface area contributed by atoms with Crippen molar-refractivity contribution in [2.75, 3.05) is 0 Å². The Hall–Kier alpha value is -1.71. The fourth-order valence-electron chi connectivity index (χ4n) is 1.77. The SMILES string of the molecule is C[C@H](NCc1ccc(CO)cc1)c1ccccn1. The van der Waals surface area contributed by atoms with Crippen LogP contribution in [0.15, 0.2) is 48.7 Å². The van der Waals surface area contributed by atoms with E-state index in [0.29, 0.717) is 0 Å². The summed E-state index contributed by atoms with van der Waals surface area (Å²) in [6.07, 6.45) is 1.81. The molecule has 0 aliphatic heterocycles. The summed E-state index contributed by atoms with van der Waals surface area (Å²) in [7, 11) is 0. The van der Waals surface area contributed by atoms with Gasteiger partial charge in [-0.2, -0.15) is 0 Å². The number of rotatable bonds is 5. The van der Waals surface area contributed by atoms with Crippen molar-refractivity contribution in [3.63, 3.8) is 0 Å². The number of nitrogens with zero attached hydrogens (tertiary/aromatic N) is 1. The zero-order valence-corrected chi connectivity index (χ0v) is 10.5. The van der Waals surface area contributed by atoms with Gasteiger partial charge in [-0.3, -0.25) is 4.98 Å². The van der Waals surface area contributed by atoms with E-state index in [-0.39, 0.29) is 12.6 Å². The molecule has 2 N–H and O–H groups in total. The third-order valence-electron chi connectivity index (χ3n) is 2.95. The molecule has 0 aliphatic rings. The maximum atomic E-state index is 8.97. The molecule has 0 amide bonds. The summed E-state index contributed by atoms with van der Waals surface area (Å²) in [6.45, 7) is 2.99. The number of aliphatic hydroxyl groups is 1. The van der Waals surface area contributed by atoms with Crippen molar-refractivity contribution in [1.29, 1.82) is 0 Å². The number of nitrogens with one attached hydrogen (secondary N) is 1. The second-order valence-electron chi connectivity index (χ2n) is 4.33. The van der Waals surface area contributed by atoms with Gasteiger partial charge in [-0.15, -0.1) is 0 Å². The van der Waals surface area contributed by atoms with Crippen molar-refractivity contribution in [3.05, 3.63) is 65.5 Å². The largest absolute Gasteiger partial charge is 0.392 e. The smallest absolute Gasteiger partial charge is 0.0681 e. The summed E-state index contributed by atoms with van der Waals surface area (Å²) >= 11 is 0. The monoisotopic (exact) mass is 242 g/mol. The lowest BCUT2D eigenvalue weighted by molar-refractivity contribution is 0.282. The van der Waals surface area contributed by atoms with Gasteiger partial charge >= 0.3 is 0 Å². The van der Waals surface area contributed by atoms with Gasteiger partial charge in [0.05, 0.1) is 12.3 Å². The van der Waals surface area contributed by atoms with Crippen molar-refractivity contribution in [2.45, 2.75) is 26.1 Å². The normalized spacial score (nSPS) is 12.3. The van der Waals surface area contributed by atoms with Crippen LogP contribution in [0.1, 0.15) is 29.8 Å². The predicted molar refractivity (Wildman–Crippen MR) is 71.9 cm³/mol. The molecule has 0 saturated carbocycles. The van der Waals surface area contributed by atoms with Crippen LogP contribution in [0.3, 0.4) is 0 Å². The molecule has 0 aliphatic carbocycles. The molecule has 1 heterocycles. The maximum Gasteiger partial charge on any atom is 0.0681 e. The Morgan fingerprint density at radius 2 is 1.83 bits per heavy atom. The fourth-order valence-corrected chi connectivity index (χ4v) is 1.77. The van der Waals surface area contributed by atoms with Crippen molar-refractivity contribution in [3.8, 4) is 0 Å². The van der Waals surface area contributed by atoms with Gasteiger partial charge in [0.25, 0.3) is 0 Å². The molecule has 2 rings (SSSR count). The summed E-state index contributed by atoms with van der Waals surface area (Å²) in [4.78, 5) is 4.32. The molecule has 1 aromatic carbocycles. The molecule has 3 heteroatoms. The number of aliphatic hydroxyl groups excluding tert-OH is 1. The van der Waals surface area contributed by atoms with Crippen LogP contribution in [0.4, 0.5) is 0 Å². The summed E-state index contributed by atoms with van der Waals surface area (Å²) in [5.41, 5.74) is 3.19. The van der Waals surface area contributed by atoms with E-state index in [1.54, 1.807) is 0 Å². The maximum absolute atomic E-state index is 8.97. The first-order valence-electron chi connectivity index (χ1n) is 6.12. The first-order chi connectivity index (χ1) is 8.79. The van der Waals surface area contributed by atoms with E-state index in [4.69, 9.17) is 5.11 Å². The highest BCUT2D eigenvalue weighted by Crippen LogP contribution is 2.10. The highest BCUT2D eigenvalue weighted by Gasteiger charge is 2.04. The Labute approximate surface area is 108 Å². The van der Waals surface area contributed by atoms with Crippen LogP contribution in [0.2, 0.25) is 0 Å². The molecule has 0 fully saturated rings. The molecule has 0 bridgehead atoms. The van der Waals surface area contributed by atoms with Gasteiger partial charge in [0.2, 0.25) is 0 Å². The number of aromatic nitrogens is 1. The first kappa shape index (κ1) is 12.7. The first-order valence-corrected chi connectivity index (χ1v) is 6.12. The van der Waals surface area contributed by atoms with Gasteiger partial charge < -0.3 is 10.4 Å². The molecule has 18 heavy (non-hydrogen) atoms. The van der Waals surface area contributed by atoms with E-state index in [0.717, 1.165) is 17.8 Å². The molecule has 0 spiro atoms. The summed E-state index contributed by atoms with van der Waals surface area (Å²) < 4.78 is 0. The van der Waals surface area contributed by atoms with E-state index < -0.39 is 0 Å². The fraction of sp³-hybridized carbons (Fsp3) is 0.267. The van der Waals surface area contributed by atoms with Crippen molar-refractivity contribution < 1.29 is 5.11 Å². The van der Waals surface area contributed by atoms with Crippen LogP contribution in [-0.2, 0) is 13.2 Å². The van der Waals surface area contributed by atoms with E-state index in [1.807, 2.05) is 48.7 Å². The van der Waals surface area contributed by atoms with Crippen molar-refractivity contribution >= 4 is 0 Å². The molecule has 0 radical (unpaired) electrons. The van der Waals surface area contributed by atoms with Crippen molar-refractivity contribution in [1.82, 2.24) is 10.3 Å². The highest BCUT2D eigenvalue weighted by molar-refractivity contribution is 5.22. The Morgan fingerprint density at radius 3 is 2.44 bits per heavy atom. The molecule has 3 nitrogen and oxygen atoms in total. The number of benzene rings is 1. The van der Waals surface area contributed by atoms with Crippen molar-refractivity contribution in [2.24, 2.45) is 0 Å². The lowest BCUT2D eigenvalue weighted by Gasteiger charge is -2.13. The number of hydrogen-bond acceptors (Lipinski definition) is 3. The Bertz CT molecular complexity index is 468. The summed E-state index contributed by atoms with van der Waals surface area (Å²) in [6, 6.07) is 14.1. The van der Waals surface area contributed by atoms with Gasteiger partial charge in [0, 0.05) is 18.8 Å². The topological polar surface area (TPSA) is 45.1 Å². The Morgan fingerprint density at radius 1 is 1.11 bits per heavy atom. The number of pyridine rings is 1. The Kier molecular flexibility index (Phi) is 4.45. The van der Waals surface area contributed by atoms with Crippen LogP contribution >= 0.6 is 0 Å². The van der Waals surface area contributed by atoms with Crippen LogP contribution in [0.5, 0.6) is 0 Å². The average molecular weight is 242 g/mol. The van der Waals surface area contributed by atoms with E-state index in [1.165, 1.54) is 5.56 Å². The molecular weight excluding hydrogens is 224 g/mol. The zero-order chi connectivity index (χ0) is 12.8. The summed E-state index contributed by atoms with van der Waals surface area (Å²) in [5, 5.41) is 12.4. The quantitative estimate of drug-likeness (QED) is 0.846. The van der Waals surface area contributed by atoms with Crippen LogP contribution in [0, 0.1) is 0 Å². The highest BCUT2D eigenvalue weighted by atomic mass is 16.3. The Balaban J connectivity index is 1.91. The second-order valence-corrected chi connectivity index (χ2v) is 4.33. The molecule has 1 aromatic heterocycles. The van der Waals surface area contributed by atoms with Gasteiger partial charge in [0.1, 0.15) is 0 Å². The summed E-state index contributed by atoms with van der Waals surface area (Å²) in [5.74, 6) is 0. The minimum Gasteiger partial charge on any atom is -0.392 e. The standard InChI is InChI=1S/C15H18N2O/c1-12(15-4-2-3-9-16-15)17-10-13-5-7-14(11-18)8-6-13/h2-9,12,17-18H,10-11H2,1H3/t12-/m0/s1.